The van der Waals surface area contributed by atoms with E-state index in [4.69, 9.17) is 15.2 Å². The van der Waals surface area contributed by atoms with E-state index in [2.05, 4.69) is 30.9 Å². The Bertz CT molecular complexity index is 502. The molecule has 0 radical (unpaired) electrons. The molecule has 0 spiro atoms. The summed E-state index contributed by atoms with van der Waals surface area (Å²) in [6, 6.07) is 6.19. The molecular formula is C17H26N2O2. The van der Waals surface area contributed by atoms with Crippen molar-refractivity contribution in [1.82, 2.24) is 4.90 Å². The molecule has 1 saturated heterocycles. The summed E-state index contributed by atoms with van der Waals surface area (Å²) in [5, 5.41) is 0. The van der Waals surface area contributed by atoms with Crippen molar-refractivity contribution in [2.75, 3.05) is 32.8 Å². The van der Waals surface area contributed by atoms with Gasteiger partial charge in [0.25, 0.3) is 0 Å². The van der Waals surface area contributed by atoms with Crippen molar-refractivity contribution in [2.24, 2.45) is 11.7 Å². The lowest BCUT2D eigenvalue weighted by Gasteiger charge is -2.19. The van der Waals surface area contributed by atoms with E-state index in [9.17, 15) is 0 Å². The Kier molecular flexibility index (Phi) is 4.09. The zero-order chi connectivity index (χ0) is 14.9. The molecule has 1 aromatic carbocycles. The van der Waals surface area contributed by atoms with Crippen molar-refractivity contribution < 1.29 is 9.47 Å². The quantitative estimate of drug-likeness (QED) is 0.902. The molecule has 1 aromatic rings. The van der Waals surface area contributed by atoms with Gasteiger partial charge in [-0.2, -0.15) is 0 Å². The van der Waals surface area contributed by atoms with E-state index in [0.29, 0.717) is 12.5 Å². The normalized spacial score (nSPS) is 23.9. The van der Waals surface area contributed by atoms with Crippen molar-refractivity contribution in [3.8, 4) is 11.5 Å². The average molecular weight is 290 g/mol. The van der Waals surface area contributed by atoms with Crippen LogP contribution in [0.5, 0.6) is 11.5 Å². The molecule has 3 rings (SSSR count). The maximum Gasteiger partial charge on any atom is 0.165 e. The van der Waals surface area contributed by atoms with Gasteiger partial charge in [-0.25, -0.2) is 0 Å². The second-order valence-electron chi connectivity index (χ2n) is 6.82. The molecule has 21 heavy (non-hydrogen) atoms. The molecule has 2 heterocycles. The van der Waals surface area contributed by atoms with Crippen LogP contribution >= 0.6 is 0 Å². The Morgan fingerprint density at radius 3 is 3.05 bits per heavy atom. The highest BCUT2D eigenvalue weighted by atomic mass is 16.5. The van der Waals surface area contributed by atoms with Crippen molar-refractivity contribution >= 4 is 0 Å². The van der Waals surface area contributed by atoms with Crippen LogP contribution < -0.4 is 15.2 Å². The number of nitrogens with zero attached hydrogens (tertiary/aromatic N) is 1. The van der Waals surface area contributed by atoms with Crippen LogP contribution in [0.25, 0.3) is 0 Å². The first kappa shape index (κ1) is 14.7. The maximum atomic E-state index is 6.03. The summed E-state index contributed by atoms with van der Waals surface area (Å²) in [5.41, 5.74) is 6.86. The van der Waals surface area contributed by atoms with Gasteiger partial charge in [-0.3, -0.25) is 4.90 Å². The molecule has 1 unspecified atom stereocenters. The molecule has 1 fully saturated rings. The molecule has 0 aromatic heterocycles. The van der Waals surface area contributed by atoms with Gasteiger partial charge in [0.2, 0.25) is 0 Å². The van der Waals surface area contributed by atoms with Crippen LogP contribution in [0.1, 0.15) is 25.8 Å². The highest BCUT2D eigenvalue weighted by Gasteiger charge is 2.32. The molecule has 0 bridgehead atoms. The van der Waals surface area contributed by atoms with E-state index >= 15 is 0 Å². The molecule has 4 heteroatoms. The van der Waals surface area contributed by atoms with Crippen molar-refractivity contribution in [2.45, 2.75) is 32.3 Å². The van der Waals surface area contributed by atoms with E-state index < -0.39 is 0 Å². The molecule has 4 nitrogen and oxygen atoms in total. The third-order valence-corrected chi connectivity index (χ3v) is 4.42. The standard InChI is InChI=1S/C17H26N2O2/c1-17(2)10-14-4-3-5-15(16(14)21-17)20-9-8-19-7-6-13(11-18)12-19/h3-5,13H,6-12,18H2,1-2H3. The summed E-state index contributed by atoms with van der Waals surface area (Å²) in [6.45, 7) is 8.95. The number of fused-ring (bicyclic) bond motifs is 1. The molecule has 1 atom stereocenters. The van der Waals surface area contributed by atoms with Crippen LogP contribution in [0.4, 0.5) is 0 Å². The maximum absolute atomic E-state index is 6.03. The van der Waals surface area contributed by atoms with E-state index in [1.54, 1.807) is 0 Å². The molecule has 0 aliphatic carbocycles. The molecule has 116 valence electrons. The Balaban J connectivity index is 1.54. The first-order valence-electron chi connectivity index (χ1n) is 7.93. The highest BCUT2D eigenvalue weighted by molar-refractivity contribution is 5.50. The van der Waals surface area contributed by atoms with E-state index in [-0.39, 0.29) is 5.60 Å². The number of ether oxygens (including phenoxy) is 2. The van der Waals surface area contributed by atoms with Gasteiger partial charge in [0.15, 0.2) is 11.5 Å². The molecule has 2 aliphatic rings. The van der Waals surface area contributed by atoms with Gasteiger partial charge >= 0.3 is 0 Å². The van der Waals surface area contributed by atoms with Gasteiger partial charge in [-0.1, -0.05) is 12.1 Å². The lowest BCUT2D eigenvalue weighted by molar-refractivity contribution is 0.130. The largest absolute Gasteiger partial charge is 0.488 e. The first-order valence-corrected chi connectivity index (χ1v) is 7.93. The SMILES string of the molecule is CC1(C)Cc2cccc(OCCN3CCC(CN)C3)c2O1. The van der Waals surface area contributed by atoms with Gasteiger partial charge in [0, 0.05) is 25.1 Å². The van der Waals surface area contributed by atoms with Crippen LogP contribution in [0, 0.1) is 5.92 Å². The molecule has 0 saturated carbocycles. The van der Waals surface area contributed by atoms with Gasteiger partial charge in [-0.05, 0) is 45.3 Å². The number of benzene rings is 1. The number of hydrogen-bond donors (Lipinski definition) is 1. The predicted octanol–water partition coefficient (Wildman–Crippen LogP) is 2.06. The Morgan fingerprint density at radius 2 is 2.29 bits per heavy atom. The summed E-state index contributed by atoms with van der Waals surface area (Å²) in [6.07, 6.45) is 2.17. The molecule has 0 amide bonds. The Hall–Kier alpha value is -1.26. The summed E-state index contributed by atoms with van der Waals surface area (Å²) < 4.78 is 12.0. The topological polar surface area (TPSA) is 47.7 Å². The second kappa shape index (κ2) is 5.85. The fraction of sp³-hybridized carbons (Fsp3) is 0.647. The monoisotopic (exact) mass is 290 g/mol. The van der Waals surface area contributed by atoms with Gasteiger partial charge < -0.3 is 15.2 Å². The van der Waals surface area contributed by atoms with E-state index in [1.165, 1.54) is 12.0 Å². The summed E-state index contributed by atoms with van der Waals surface area (Å²) >= 11 is 0. The number of likely N-dealkylation sites (tertiary alicyclic amines) is 1. The molecule has 2 N–H and O–H groups in total. The van der Waals surface area contributed by atoms with Gasteiger partial charge in [0.1, 0.15) is 12.2 Å². The van der Waals surface area contributed by atoms with E-state index in [0.717, 1.165) is 44.1 Å². The number of hydrogen-bond acceptors (Lipinski definition) is 4. The minimum absolute atomic E-state index is 0.120. The summed E-state index contributed by atoms with van der Waals surface area (Å²) in [7, 11) is 0. The van der Waals surface area contributed by atoms with Crippen molar-refractivity contribution in [1.29, 1.82) is 0 Å². The fourth-order valence-electron chi connectivity index (χ4n) is 3.29. The fourth-order valence-corrected chi connectivity index (χ4v) is 3.29. The minimum atomic E-state index is -0.120. The lowest BCUT2D eigenvalue weighted by atomic mass is 10.0. The smallest absolute Gasteiger partial charge is 0.165 e. The Labute approximate surface area is 127 Å². The highest BCUT2D eigenvalue weighted by Crippen LogP contribution is 2.41. The Morgan fingerprint density at radius 1 is 1.43 bits per heavy atom. The van der Waals surface area contributed by atoms with Crippen LogP contribution in [-0.4, -0.2) is 43.3 Å². The van der Waals surface area contributed by atoms with Gasteiger partial charge in [-0.15, -0.1) is 0 Å². The zero-order valence-electron chi connectivity index (χ0n) is 13.1. The summed E-state index contributed by atoms with van der Waals surface area (Å²) in [5.74, 6) is 2.48. The van der Waals surface area contributed by atoms with Crippen LogP contribution in [0.3, 0.4) is 0 Å². The third kappa shape index (κ3) is 3.33. The lowest BCUT2D eigenvalue weighted by Crippen LogP contribution is -2.27. The summed E-state index contributed by atoms with van der Waals surface area (Å²) in [4.78, 5) is 2.44. The van der Waals surface area contributed by atoms with Crippen molar-refractivity contribution in [3.05, 3.63) is 23.8 Å². The minimum Gasteiger partial charge on any atom is -0.488 e. The van der Waals surface area contributed by atoms with Crippen molar-refractivity contribution in [3.63, 3.8) is 0 Å². The number of nitrogens with two attached hydrogens (primary N) is 1. The van der Waals surface area contributed by atoms with Crippen LogP contribution in [-0.2, 0) is 6.42 Å². The zero-order valence-corrected chi connectivity index (χ0v) is 13.1. The number of rotatable bonds is 5. The van der Waals surface area contributed by atoms with Gasteiger partial charge in [0.05, 0.1) is 0 Å². The van der Waals surface area contributed by atoms with E-state index in [1.807, 2.05) is 6.07 Å². The predicted molar refractivity (Wildman–Crippen MR) is 83.9 cm³/mol. The third-order valence-electron chi connectivity index (χ3n) is 4.42. The molecular weight excluding hydrogens is 264 g/mol. The number of para-hydroxylation sites is 1. The average Bonchev–Trinajstić information content (AvgIpc) is 3.01. The van der Waals surface area contributed by atoms with Crippen LogP contribution in [0.2, 0.25) is 0 Å². The first-order chi connectivity index (χ1) is 10.1. The second-order valence-corrected chi connectivity index (χ2v) is 6.82. The van der Waals surface area contributed by atoms with Crippen LogP contribution in [0.15, 0.2) is 18.2 Å². The molecule has 2 aliphatic heterocycles.